The number of aromatic nitrogens is 4. The van der Waals surface area contributed by atoms with Crippen LogP contribution in [-0.2, 0) is 0 Å². The Bertz CT molecular complexity index is 1090. The van der Waals surface area contributed by atoms with Gasteiger partial charge in [0.05, 0.1) is 21.8 Å². The summed E-state index contributed by atoms with van der Waals surface area (Å²) in [6.45, 7) is 1.99. The quantitative estimate of drug-likeness (QED) is 0.500. The molecule has 0 fully saturated rings. The van der Waals surface area contributed by atoms with E-state index in [2.05, 4.69) is 30.6 Å². The maximum Gasteiger partial charge on any atom is 0.351 e. The Morgan fingerprint density at radius 1 is 1.12 bits per heavy atom. The van der Waals surface area contributed by atoms with Gasteiger partial charge in [-0.25, -0.2) is 9.78 Å². The molecule has 0 unspecified atom stereocenters. The summed E-state index contributed by atoms with van der Waals surface area (Å²) in [6.07, 6.45) is 0. The Labute approximate surface area is 153 Å². The second-order valence-electron chi connectivity index (χ2n) is 5.76. The number of hydrogen-bond acceptors (Lipinski definition) is 7. The fourth-order valence-electron chi connectivity index (χ4n) is 2.60. The molecule has 0 aliphatic rings. The molecule has 2 aromatic heterocycles. The predicted molar refractivity (Wildman–Crippen MR) is 104 cm³/mol. The Balaban J connectivity index is 1.56. The molecule has 0 amide bonds. The van der Waals surface area contributed by atoms with Gasteiger partial charge < -0.3 is 10.6 Å². The van der Waals surface area contributed by atoms with Gasteiger partial charge in [-0.05, 0) is 30.7 Å². The third-order valence-corrected chi connectivity index (χ3v) is 4.68. The molecule has 7 nitrogen and oxygen atoms in total. The van der Waals surface area contributed by atoms with Crippen molar-refractivity contribution >= 4 is 39.1 Å². The lowest BCUT2D eigenvalue weighted by molar-refractivity contribution is 0.847. The Kier molecular flexibility index (Phi) is 4.32. The van der Waals surface area contributed by atoms with Crippen molar-refractivity contribution in [2.45, 2.75) is 13.0 Å². The molecule has 26 heavy (non-hydrogen) atoms. The van der Waals surface area contributed by atoms with E-state index in [4.69, 9.17) is 0 Å². The van der Waals surface area contributed by atoms with Crippen LogP contribution in [-0.4, -0.2) is 19.9 Å². The van der Waals surface area contributed by atoms with Gasteiger partial charge in [-0.1, -0.05) is 30.3 Å². The summed E-state index contributed by atoms with van der Waals surface area (Å²) >= 11 is 1.56. The zero-order valence-corrected chi connectivity index (χ0v) is 14.7. The molecule has 0 saturated heterocycles. The molecule has 0 spiro atoms. The van der Waals surface area contributed by atoms with Gasteiger partial charge in [0.1, 0.15) is 0 Å². The standard InChI is InChI=1S/C18H16N6OS/c1-11(12-5-3-2-4-6-12)20-16-22-17(24-18(25)23-16)21-13-7-8-14-15(9-13)26-10-19-14/h2-11H,1H3,(H3,20,21,22,23,24,25)/t11-/m1/s1. The highest BCUT2D eigenvalue weighted by Crippen LogP contribution is 2.23. The normalized spacial score (nSPS) is 12.0. The molecule has 1 atom stereocenters. The van der Waals surface area contributed by atoms with Crippen molar-refractivity contribution in [1.82, 2.24) is 19.9 Å². The van der Waals surface area contributed by atoms with Gasteiger partial charge in [-0.3, -0.25) is 4.98 Å². The van der Waals surface area contributed by atoms with Gasteiger partial charge in [-0.2, -0.15) is 9.97 Å². The molecule has 2 heterocycles. The van der Waals surface area contributed by atoms with Crippen molar-refractivity contribution in [3.63, 3.8) is 0 Å². The van der Waals surface area contributed by atoms with Crippen LogP contribution in [0, 0.1) is 0 Å². The van der Waals surface area contributed by atoms with Crippen LogP contribution in [0.4, 0.5) is 17.6 Å². The highest BCUT2D eigenvalue weighted by molar-refractivity contribution is 7.16. The molecule has 0 aliphatic heterocycles. The Morgan fingerprint density at radius 3 is 2.81 bits per heavy atom. The largest absolute Gasteiger partial charge is 0.351 e. The highest BCUT2D eigenvalue weighted by atomic mass is 32.1. The van der Waals surface area contributed by atoms with E-state index in [1.807, 2.05) is 55.5 Å². The third-order valence-electron chi connectivity index (χ3n) is 3.89. The molecule has 2 aromatic carbocycles. The lowest BCUT2D eigenvalue weighted by Gasteiger charge is -2.14. The summed E-state index contributed by atoms with van der Waals surface area (Å²) in [6, 6.07) is 15.7. The van der Waals surface area contributed by atoms with Gasteiger partial charge in [0.2, 0.25) is 11.9 Å². The topological polar surface area (TPSA) is 95.6 Å². The first-order chi connectivity index (χ1) is 12.7. The number of nitrogens with one attached hydrogen (secondary N) is 3. The number of rotatable bonds is 5. The van der Waals surface area contributed by atoms with E-state index in [1.165, 1.54) is 0 Å². The zero-order valence-electron chi connectivity index (χ0n) is 13.9. The number of anilines is 3. The second kappa shape index (κ2) is 6.93. The van der Waals surface area contributed by atoms with Crippen LogP contribution in [0.25, 0.3) is 10.2 Å². The molecular formula is C18H16N6OS. The van der Waals surface area contributed by atoms with Crippen LogP contribution in [0.15, 0.2) is 58.8 Å². The fourth-order valence-corrected chi connectivity index (χ4v) is 3.31. The number of hydrogen-bond donors (Lipinski definition) is 3. The number of thiazole rings is 1. The van der Waals surface area contributed by atoms with E-state index in [1.54, 1.807) is 16.8 Å². The third kappa shape index (κ3) is 3.55. The van der Waals surface area contributed by atoms with Gasteiger partial charge >= 0.3 is 5.69 Å². The minimum absolute atomic E-state index is 0.0283. The van der Waals surface area contributed by atoms with Crippen molar-refractivity contribution in [2.75, 3.05) is 10.6 Å². The average Bonchev–Trinajstić information content (AvgIpc) is 3.09. The predicted octanol–water partition coefficient (Wildman–Crippen LogP) is 3.69. The second-order valence-corrected chi connectivity index (χ2v) is 6.65. The molecule has 0 saturated carbocycles. The van der Waals surface area contributed by atoms with Crippen LogP contribution in [0.1, 0.15) is 18.5 Å². The van der Waals surface area contributed by atoms with Crippen molar-refractivity contribution in [3.05, 3.63) is 70.1 Å². The lowest BCUT2D eigenvalue weighted by Crippen LogP contribution is -2.19. The first kappa shape index (κ1) is 16.2. The molecule has 0 aliphatic carbocycles. The minimum Gasteiger partial charge on any atom is -0.347 e. The number of aromatic amines is 1. The summed E-state index contributed by atoms with van der Waals surface area (Å²) in [7, 11) is 0. The van der Waals surface area contributed by atoms with Crippen molar-refractivity contribution < 1.29 is 0 Å². The zero-order chi connectivity index (χ0) is 17.9. The number of benzene rings is 2. The molecule has 130 valence electrons. The minimum atomic E-state index is -0.468. The van der Waals surface area contributed by atoms with Crippen molar-refractivity contribution in [2.24, 2.45) is 0 Å². The number of H-pyrrole nitrogens is 1. The summed E-state index contributed by atoms with van der Waals surface area (Å²) in [4.78, 5) is 27.0. The van der Waals surface area contributed by atoms with E-state index in [0.717, 1.165) is 21.5 Å². The van der Waals surface area contributed by atoms with Gasteiger partial charge in [0, 0.05) is 5.69 Å². The van der Waals surface area contributed by atoms with Crippen LogP contribution in [0.3, 0.4) is 0 Å². The lowest BCUT2D eigenvalue weighted by atomic mass is 10.1. The van der Waals surface area contributed by atoms with Crippen LogP contribution >= 0.6 is 11.3 Å². The summed E-state index contributed by atoms with van der Waals surface area (Å²) in [5, 5.41) is 6.27. The van der Waals surface area contributed by atoms with Crippen LogP contribution in [0.2, 0.25) is 0 Å². The Morgan fingerprint density at radius 2 is 1.96 bits per heavy atom. The van der Waals surface area contributed by atoms with E-state index >= 15 is 0 Å². The first-order valence-corrected chi connectivity index (χ1v) is 8.95. The van der Waals surface area contributed by atoms with E-state index in [0.29, 0.717) is 5.95 Å². The molecule has 0 bridgehead atoms. The molecule has 3 N–H and O–H groups in total. The highest BCUT2D eigenvalue weighted by Gasteiger charge is 2.09. The van der Waals surface area contributed by atoms with E-state index < -0.39 is 5.69 Å². The smallest absolute Gasteiger partial charge is 0.347 e. The van der Waals surface area contributed by atoms with Crippen molar-refractivity contribution in [1.29, 1.82) is 0 Å². The van der Waals surface area contributed by atoms with Gasteiger partial charge in [0.15, 0.2) is 0 Å². The van der Waals surface area contributed by atoms with Gasteiger partial charge in [-0.15, -0.1) is 11.3 Å². The maximum absolute atomic E-state index is 11.9. The van der Waals surface area contributed by atoms with E-state index in [-0.39, 0.29) is 12.0 Å². The number of fused-ring (bicyclic) bond motifs is 1. The Hall–Kier alpha value is -3.26. The molecule has 4 rings (SSSR count). The van der Waals surface area contributed by atoms with Crippen molar-refractivity contribution in [3.8, 4) is 0 Å². The fraction of sp³-hybridized carbons (Fsp3) is 0.111. The summed E-state index contributed by atoms with van der Waals surface area (Å²) in [5.41, 5.74) is 4.17. The van der Waals surface area contributed by atoms with E-state index in [9.17, 15) is 4.79 Å². The summed E-state index contributed by atoms with van der Waals surface area (Å²) < 4.78 is 1.06. The SMILES string of the molecule is C[C@@H](Nc1nc(Nc2ccc3ncsc3c2)[nH]c(=O)n1)c1ccccc1. The molecule has 4 aromatic rings. The average molecular weight is 364 g/mol. The first-order valence-electron chi connectivity index (χ1n) is 8.07. The van der Waals surface area contributed by atoms with Crippen LogP contribution < -0.4 is 16.3 Å². The van der Waals surface area contributed by atoms with Gasteiger partial charge in [0.25, 0.3) is 0 Å². The maximum atomic E-state index is 11.9. The molecule has 0 radical (unpaired) electrons. The monoisotopic (exact) mass is 364 g/mol. The summed E-state index contributed by atoms with van der Waals surface area (Å²) in [5.74, 6) is 0.600. The molecule has 8 heteroatoms. The molecular weight excluding hydrogens is 348 g/mol. The number of nitrogens with zero attached hydrogens (tertiary/aromatic N) is 3. The van der Waals surface area contributed by atoms with Crippen LogP contribution in [0.5, 0.6) is 0 Å².